The summed E-state index contributed by atoms with van der Waals surface area (Å²) < 4.78 is 14.6. The summed E-state index contributed by atoms with van der Waals surface area (Å²) in [4.78, 5) is 24.1. The van der Waals surface area contributed by atoms with E-state index in [0.717, 1.165) is 28.7 Å². The second-order valence-electron chi connectivity index (χ2n) is 7.55. The lowest BCUT2D eigenvalue weighted by atomic mass is 10.2. The molecule has 2 aromatic heterocycles. The van der Waals surface area contributed by atoms with Gasteiger partial charge in [-0.3, -0.25) is 9.69 Å². The number of hydrogen-bond donors (Lipinski definition) is 0. The lowest BCUT2D eigenvalue weighted by Gasteiger charge is -2.29. The van der Waals surface area contributed by atoms with E-state index >= 15 is 0 Å². The Morgan fingerprint density at radius 1 is 1.28 bits per heavy atom. The molecule has 0 fully saturated rings. The molecular formula is C23H21ClN4O3S. The molecule has 0 radical (unpaired) electrons. The summed E-state index contributed by atoms with van der Waals surface area (Å²) in [5.74, 6) is 1.03. The largest absolute Gasteiger partial charge is 0.485 e. The standard InChI is InChI=1S/C23H21ClN4O3S/c1-15-7-8-16(24)21-20(15)26-23(32-21)28(11-4-10-27-12-9-25-14-27)22(29)19-13-30-17-5-2-3-6-18(17)31-19/h2-3,5-9,12,14,19H,4,10-11,13H2,1H3. The van der Waals surface area contributed by atoms with Crippen LogP contribution in [0.5, 0.6) is 11.5 Å². The molecule has 1 amide bonds. The highest BCUT2D eigenvalue weighted by Gasteiger charge is 2.33. The fourth-order valence-electron chi connectivity index (χ4n) is 3.65. The maximum atomic E-state index is 13.6. The van der Waals surface area contributed by atoms with E-state index in [1.165, 1.54) is 11.3 Å². The van der Waals surface area contributed by atoms with E-state index in [1.807, 2.05) is 48.0 Å². The summed E-state index contributed by atoms with van der Waals surface area (Å²) in [6.07, 6.45) is 5.40. The second kappa shape index (κ2) is 8.80. The van der Waals surface area contributed by atoms with Crippen molar-refractivity contribution in [2.24, 2.45) is 0 Å². The second-order valence-corrected chi connectivity index (χ2v) is 8.93. The number of ether oxygens (including phenoxy) is 2. The first-order valence-electron chi connectivity index (χ1n) is 10.3. The van der Waals surface area contributed by atoms with Crippen LogP contribution in [-0.4, -0.2) is 39.7 Å². The van der Waals surface area contributed by atoms with E-state index in [9.17, 15) is 4.79 Å². The van der Waals surface area contributed by atoms with Crippen molar-refractivity contribution in [3.63, 3.8) is 0 Å². The monoisotopic (exact) mass is 468 g/mol. The number of carbonyl (C=O) groups is 1. The number of imidazole rings is 1. The molecule has 1 unspecified atom stereocenters. The number of carbonyl (C=O) groups excluding carboxylic acids is 1. The Morgan fingerprint density at radius 3 is 2.91 bits per heavy atom. The summed E-state index contributed by atoms with van der Waals surface area (Å²) >= 11 is 7.83. The summed E-state index contributed by atoms with van der Waals surface area (Å²) in [7, 11) is 0. The van der Waals surface area contributed by atoms with Gasteiger partial charge in [-0.05, 0) is 37.1 Å². The molecule has 0 spiro atoms. The molecule has 0 aliphatic carbocycles. The van der Waals surface area contributed by atoms with Crippen LogP contribution in [0.4, 0.5) is 5.13 Å². The molecule has 2 aromatic carbocycles. The molecule has 0 N–H and O–H groups in total. The normalized spacial score (nSPS) is 15.1. The zero-order chi connectivity index (χ0) is 22.1. The Hall–Kier alpha value is -3.10. The highest BCUT2D eigenvalue weighted by molar-refractivity contribution is 7.23. The number of anilines is 1. The Labute approximate surface area is 194 Å². The number of fused-ring (bicyclic) bond motifs is 2. The molecule has 1 atom stereocenters. The van der Waals surface area contributed by atoms with Gasteiger partial charge >= 0.3 is 0 Å². The summed E-state index contributed by atoms with van der Waals surface area (Å²) in [5, 5.41) is 1.24. The zero-order valence-electron chi connectivity index (χ0n) is 17.4. The maximum Gasteiger partial charge on any atom is 0.273 e. The molecule has 0 saturated carbocycles. The number of rotatable bonds is 6. The highest BCUT2D eigenvalue weighted by Crippen LogP contribution is 2.37. The fourth-order valence-corrected chi connectivity index (χ4v) is 5.00. The molecule has 164 valence electrons. The lowest BCUT2D eigenvalue weighted by molar-refractivity contribution is -0.127. The van der Waals surface area contributed by atoms with Crippen LogP contribution >= 0.6 is 22.9 Å². The van der Waals surface area contributed by atoms with Gasteiger partial charge in [0, 0.05) is 25.5 Å². The van der Waals surface area contributed by atoms with Crippen molar-refractivity contribution in [1.29, 1.82) is 0 Å². The number of aromatic nitrogens is 3. The van der Waals surface area contributed by atoms with Gasteiger partial charge in [-0.15, -0.1) is 0 Å². The molecule has 1 aliphatic heterocycles. The molecule has 3 heterocycles. The third kappa shape index (κ3) is 4.03. The van der Waals surface area contributed by atoms with Crippen LogP contribution in [0.1, 0.15) is 12.0 Å². The van der Waals surface area contributed by atoms with Crippen LogP contribution in [0.25, 0.3) is 10.2 Å². The van der Waals surface area contributed by atoms with Crippen LogP contribution < -0.4 is 14.4 Å². The lowest BCUT2D eigenvalue weighted by Crippen LogP contribution is -2.47. The van der Waals surface area contributed by atoms with Crippen LogP contribution in [0, 0.1) is 6.92 Å². The van der Waals surface area contributed by atoms with Crippen molar-refractivity contribution >= 4 is 44.2 Å². The average Bonchev–Trinajstić information content (AvgIpc) is 3.49. The first kappa shape index (κ1) is 20.8. The number of aryl methyl sites for hydroxylation is 2. The molecule has 7 nitrogen and oxygen atoms in total. The van der Waals surface area contributed by atoms with Crippen molar-refractivity contribution < 1.29 is 14.3 Å². The fraction of sp³-hybridized carbons (Fsp3) is 0.261. The number of halogens is 1. The summed E-state index contributed by atoms with van der Waals surface area (Å²) in [6, 6.07) is 11.2. The van der Waals surface area contributed by atoms with Gasteiger partial charge in [0.15, 0.2) is 16.6 Å². The third-order valence-corrected chi connectivity index (χ3v) is 6.86. The van der Waals surface area contributed by atoms with E-state index < -0.39 is 6.10 Å². The highest BCUT2D eigenvalue weighted by atomic mass is 35.5. The zero-order valence-corrected chi connectivity index (χ0v) is 19.0. The van der Waals surface area contributed by atoms with Crippen LogP contribution in [0.2, 0.25) is 5.02 Å². The topological polar surface area (TPSA) is 69.5 Å². The smallest absolute Gasteiger partial charge is 0.273 e. The Kier molecular flexibility index (Phi) is 5.71. The van der Waals surface area contributed by atoms with Crippen LogP contribution in [0.15, 0.2) is 55.1 Å². The number of nitrogens with zero attached hydrogens (tertiary/aromatic N) is 4. The molecule has 4 aromatic rings. The number of benzene rings is 2. The van der Waals surface area contributed by atoms with E-state index in [4.69, 9.17) is 26.1 Å². The number of hydrogen-bond acceptors (Lipinski definition) is 6. The van der Waals surface area contributed by atoms with Gasteiger partial charge in [0.25, 0.3) is 5.91 Å². The van der Waals surface area contributed by atoms with Gasteiger partial charge in [-0.25, -0.2) is 9.97 Å². The first-order valence-corrected chi connectivity index (χ1v) is 11.5. The van der Waals surface area contributed by atoms with Crippen molar-refractivity contribution in [2.45, 2.75) is 26.0 Å². The van der Waals surface area contributed by atoms with Gasteiger partial charge in [0.1, 0.15) is 6.61 Å². The Bertz CT molecular complexity index is 1220. The van der Waals surface area contributed by atoms with Crippen molar-refractivity contribution in [1.82, 2.24) is 14.5 Å². The van der Waals surface area contributed by atoms with Crippen molar-refractivity contribution in [3.05, 3.63) is 65.7 Å². The first-order chi connectivity index (χ1) is 15.6. The van der Waals surface area contributed by atoms with Gasteiger partial charge in [-0.2, -0.15) is 0 Å². The number of para-hydroxylation sites is 2. The molecule has 5 rings (SSSR count). The van der Waals surface area contributed by atoms with Gasteiger partial charge in [0.05, 0.1) is 21.6 Å². The van der Waals surface area contributed by atoms with Crippen molar-refractivity contribution in [3.8, 4) is 11.5 Å². The van der Waals surface area contributed by atoms with E-state index in [2.05, 4.69) is 4.98 Å². The quantitative estimate of drug-likeness (QED) is 0.409. The molecule has 32 heavy (non-hydrogen) atoms. The summed E-state index contributed by atoms with van der Waals surface area (Å²) in [6.45, 7) is 3.36. The third-order valence-electron chi connectivity index (χ3n) is 5.32. The number of thiazole rings is 1. The Morgan fingerprint density at radius 2 is 2.12 bits per heavy atom. The van der Waals surface area contributed by atoms with E-state index in [1.54, 1.807) is 23.5 Å². The van der Waals surface area contributed by atoms with Gasteiger partial charge in [-0.1, -0.05) is 41.1 Å². The minimum Gasteiger partial charge on any atom is -0.485 e. The van der Waals surface area contributed by atoms with Gasteiger partial charge < -0.3 is 14.0 Å². The number of amides is 1. The van der Waals surface area contributed by atoms with Gasteiger partial charge in [0.2, 0.25) is 6.10 Å². The van der Waals surface area contributed by atoms with Crippen LogP contribution in [0.3, 0.4) is 0 Å². The predicted octanol–water partition coefficient (Wildman–Crippen LogP) is 4.72. The van der Waals surface area contributed by atoms with Crippen molar-refractivity contribution in [2.75, 3.05) is 18.1 Å². The molecule has 9 heteroatoms. The molecule has 1 aliphatic rings. The Balaban J connectivity index is 1.43. The average molecular weight is 469 g/mol. The predicted molar refractivity (Wildman–Crippen MR) is 125 cm³/mol. The van der Waals surface area contributed by atoms with E-state index in [-0.39, 0.29) is 12.5 Å². The minimum absolute atomic E-state index is 0.151. The summed E-state index contributed by atoms with van der Waals surface area (Å²) in [5.41, 5.74) is 1.83. The SMILES string of the molecule is Cc1ccc(Cl)c2sc(N(CCCn3ccnc3)C(=O)C3COc4ccccc4O3)nc12. The maximum absolute atomic E-state index is 13.6. The molecule has 0 saturated heterocycles. The molecule has 0 bridgehead atoms. The van der Waals surface area contributed by atoms with Crippen LogP contribution in [-0.2, 0) is 11.3 Å². The van der Waals surface area contributed by atoms with E-state index in [0.29, 0.717) is 28.2 Å². The minimum atomic E-state index is -0.748. The molecular weight excluding hydrogens is 448 g/mol.